The van der Waals surface area contributed by atoms with Crippen LogP contribution in [0.5, 0.6) is 5.75 Å². The Morgan fingerprint density at radius 2 is 2.28 bits per heavy atom. The van der Waals surface area contributed by atoms with Crippen molar-refractivity contribution in [2.24, 2.45) is 0 Å². The van der Waals surface area contributed by atoms with Crippen LogP contribution in [0.25, 0.3) is 10.9 Å². The molecule has 96 valence electrons. The van der Waals surface area contributed by atoms with Crippen LogP contribution in [-0.2, 0) is 11.2 Å². The van der Waals surface area contributed by atoms with Crippen LogP contribution in [0.15, 0.2) is 24.4 Å². The highest BCUT2D eigenvalue weighted by Gasteiger charge is 2.08. The van der Waals surface area contributed by atoms with Crippen LogP contribution in [0.2, 0.25) is 0 Å². The Labute approximate surface area is 105 Å². The SMILES string of the molecule is CNOc1cccc2c(CCNC(C)=O)c[nH]c12. The molecule has 0 atom stereocenters. The summed E-state index contributed by atoms with van der Waals surface area (Å²) in [7, 11) is 1.72. The average Bonchev–Trinajstić information content (AvgIpc) is 2.74. The van der Waals surface area contributed by atoms with Crippen LogP contribution in [0, 0.1) is 0 Å². The van der Waals surface area contributed by atoms with Crippen LogP contribution in [0.1, 0.15) is 12.5 Å². The molecule has 1 heterocycles. The number of hydroxylamine groups is 1. The van der Waals surface area contributed by atoms with Crippen molar-refractivity contribution in [2.45, 2.75) is 13.3 Å². The van der Waals surface area contributed by atoms with Gasteiger partial charge in [-0.15, -0.1) is 0 Å². The number of nitrogens with one attached hydrogen (secondary N) is 3. The van der Waals surface area contributed by atoms with Crippen molar-refractivity contribution in [1.29, 1.82) is 0 Å². The number of hydrogen-bond donors (Lipinski definition) is 3. The second-order valence-electron chi connectivity index (χ2n) is 4.03. The first-order valence-electron chi connectivity index (χ1n) is 5.89. The summed E-state index contributed by atoms with van der Waals surface area (Å²) in [4.78, 5) is 19.4. The van der Waals surface area contributed by atoms with E-state index in [2.05, 4.69) is 15.8 Å². The largest absolute Gasteiger partial charge is 0.407 e. The maximum absolute atomic E-state index is 10.8. The molecule has 0 saturated carbocycles. The van der Waals surface area contributed by atoms with Gasteiger partial charge in [0.15, 0.2) is 5.75 Å². The maximum atomic E-state index is 10.8. The van der Waals surface area contributed by atoms with E-state index in [0.717, 1.165) is 23.1 Å². The van der Waals surface area contributed by atoms with Gasteiger partial charge in [-0.3, -0.25) is 4.79 Å². The zero-order valence-corrected chi connectivity index (χ0v) is 10.5. The molecule has 3 N–H and O–H groups in total. The molecule has 0 spiro atoms. The molecule has 0 aliphatic carbocycles. The van der Waals surface area contributed by atoms with Crippen molar-refractivity contribution in [3.05, 3.63) is 30.0 Å². The molecular formula is C13H17N3O2. The first-order chi connectivity index (χ1) is 8.72. The third-order valence-electron chi connectivity index (χ3n) is 2.74. The van der Waals surface area contributed by atoms with Crippen molar-refractivity contribution in [3.8, 4) is 5.75 Å². The summed E-state index contributed by atoms with van der Waals surface area (Å²) in [6, 6.07) is 5.88. The lowest BCUT2D eigenvalue weighted by molar-refractivity contribution is -0.118. The molecule has 2 rings (SSSR count). The van der Waals surface area contributed by atoms with Gasteiger partial charge in [0.1, 0.15) is 0 Å². The fraction of sp³-hybridized carbons (Fsp3) is 0.308. The molecule has 0 aliphatic heterocycles. The highest BCUT2D eigenvalue weighted by atomic mass is 16.6. The Balaban J connectivity index is 2.20. The standard InChI is InChI=1S/C13H17N3O2/c1-9(17)15-7-6-10-8-16-13-11(10)4-3-5-12(13)18-14-2/h3-5,8,14,16H,6-7H2,1-2H3,(H,15,17). The Morgan fingerprint density at radius 1 is 1.44 bits per heavy atom. The fourth-order valence-corrected chi connectivity index (χ4v) is 1.96. The van der Waals surface area contributed by atoms with Crippen molar-refractivity contribution in [1.82, 2.24) is 15.8 Å². The van der Waals surface area contributed by atoms with Gasteiger partial charge in [-0.1, -0.05) is 12.1 Å². The van der Waals surface area contributed by atoms with Crippen LogP contribution in [-0.4, -0.2) is 24.5 Å². The van der Waals surface area contributed by atoms with E-state index in [4.69, 9.17) is 4.84 Å². The van der Waals surface area contributed by atoms with E-state index >= 15 is 0 Å². The third kappa shape index (κ3) is 2.62. The molecule has 1 aromatic carbocycles. The number of H-pyrrole nitrogens is 1. The van der Waals surface area contributed by atoms with Crippen LogP contribution < -0.4 is 15.6 Å². The monoisotopic (exact) mass is 247 g/mol. The molecule has 5 nitrogen and oxygen atoms in total. The molecule has 1 aromatic heterocycles. The lowest BCUT2D eigenvalue weighted by atomic mass is 10.1. The summed E-state index contributed by atoms with van der Waals surface area (Å²) in [5.74, 6) is 0.759. The zero-order valence-electron chi connectivity index (χ0n) is 10.5. The van der Waals surface area contributed by atoms with Crippen molar-refractivity contribution in [3.63, 3.8) is 0 Å². The van der Waals surface area contributed by atoms with E-state index in [0.29, 0.717) is 6.54 Å². The molecule has 0 bridgehead atoms. The minimum absolute atomic E-state index is 0.00551. The van der Waals surface area contributed by atoms with E-state index in [9.17, 15) is 4.79 Å². The molecule has 5 heteroatoms. The second kappa shape index (κ2) is 5.55. The number of benzene rings is 1. The number of aromatic amines is 1. The summed E-state index contributed by atoms with van der Waals surface area (Å²) < 4.78 is 0. The highest BCUT2D eigenvalue weighted by Crippen LogP contribution is 2.26. The summed E-state index contributed by atoms with van der Waals surface area (Å²) in [5, 5.41) is 3.91. The van der Waals surface area contributed by atoms with E-state index in [1.54, 1.807) is 7.05 Å². The van der Waals surface area contributed by atoms with Crippen molar-refractivity contribution >= 4 is 16.8 Å². The van der Waals surface area contributed by atoms with E-state index in [1.807, 2.05) is 24.4 Å². The summed E-state index contributed by atoms with van der Waals surface area (Å²) in [6.45, 7) is 2.16. The highest BCUT2D eigenvalue weighted by molar-refractivity contribution is 5.88. The Hall–Kier alpha value is -2.01. The summed E-state index contributed by atoms with van der Waals surface area (Å²) in [6.07, 6.45) is 2.75. The normalized spacial score (nSPS) is 10.6. The number of para-hydroxylation sites is 1. The molecular weight excluding hydrogens is 230 g/mol. The third-order valence-corrected chi connectivity index (χ3v) is 2.74. The van der Waals surface area contributed by atoms with Crippen LogP contribution in [0.3, 0.4) is 0 Å². The Kier molecular flexibility index (Phi) is 3.84. The molecule has 0 fully saturated rings. The number of rotatable bonds is 5. The Bertz CT molecular complexity index is 548. The minimum atomic E-state index is -0.00551. The van der Waals surface area contributed by atoms with Gasteiger partial charge in [0.05, 0.1) is 5.52 Å². The van der Waals surface area contributed by atoms with Crippen LogP contribution in [0.4, 0.5) is 0 Å². The molecule has 1 amide bonds. The number of fused-ring (bicyclic) bond motifs is 1. The number of carbonyl (C=O) groups is 1. The number of aromatic nitrogens is 1. The van der Waals surface area contributed by atoms with E-state index in [1.165, 1.54) is 12.5 Å². The maximum Gasteiger partial charge on any atom is 0.216 e. The number of amides is 1. The molecule has 0 unspecified atom stereocenters. The van der Waals surface area contributed by atoms with Gasteiger partial charge in [0.25, 0.3) is 0 Å². The van der Waals surface area contributed by atoms with Gasteiger partial charge in [-0.2, -0.15) is 5.48 Å². The van der Waals surface area contributed by atoms with Gasteiger partial charge in [-0.05, 0) is 18.1 Å². The van der Waals surface area contributed by atoms with Crippen LogP contribution >= 0.6 is 0 Å². The van der Waals surface area contributed by atoms with Gasteiger partial charge in [-0.25, -0.2) is 0 Å². The van der Waals surface area contributed by atoms with E-state index in [-0.39, 0.29) is 5.91 Å². The molecule has 18 heavy (non-hydrogen) atoms. The zero-order chi connectivity index (χ0) is 13.0. The summed E-state index contributed by atoms with van der Waals surface area (Å²) in [5.41, 5.74) is 4.80. The van der Waals surface area contributed by atoms with E-state index < -0.39 is 0 Å². The lowest BCUT2D eigenvalue weighted by Crippen LogP contribution is -2.22. The molecule has 0 aliphatic rings. The van der Waals surface area contributed by atoms with Crippen molar-refractivity contribution < 1.29 is 9.63 Å². The van der Waals surface area contributed by atoms with Gasteiger partial charge in [0.2, 0.25) is 5.91 Å². The predicted octanol–water partition coefficient (Wildman–Crippen LogP) is 1.36. The first kappa shape index (κ1) is 12.4. The smallest absolute Gasteiger partial charge is 0.216 e. The second-order valence-corrected chi connectivity index (χ2v) is 4.03. The van der Waals surface area contributed by atoms with Gasteiger partial charge >= 0.3 is 0 Å². The van der Waals surface area contributed by atoms with Crippen molar-refractivity contribution in [2.75, 3.05) is 13.6 Å². The fourth-order valence-electron chi connectivity index (χ4n) is 1.96. The molecule has 0 saturated heterocycles. The van der Waals surface area contributed by atoms with Gasteiger partial charge in [0, 0.05) is 32.1 Å². The number of carbonyl (C=O) groups excluding carboxylic acids is 1. The first-order valence-corrected chi connectivity index (χ1v) is 5.89. The van der Waals surface area contributed by atoms with Gasteiger partial charge < -0.3 is 15.1 Å². The molecule has 0 radical (unpaired) electrons. The summed E-state index contributed by atoms with van der Waals surface area (Å²) >= 11 is 0. The quantitative estimate of drug-likeness (QED) is 0.699. The average molecular weight is 247 g/mol. The minimum Gasteiger partial charge on any atom is -0.407 e. The topological polar surface area (TPSA) is 66.2 Å². The number of hydrogen-bond acceptors (Lipinski definition) is 3. The molecule has 2 aromatic rings. The predicted molar refractivity (Wildman–Crippen MR) is 70.4 cm³/mol. The Morgan fingerprint density at radius 3 is 3.00 bits per heavy atom. The lowest BCUT2D eigenvalue weighted by Gasteiger charge is -2.04.